The third kappa shape index (κ3) is 3.60. The Bertz CT molecular complexity index is 1010. The van der Waals surface area contributed by atoms with Gasteiger partial charge in [0.2, 0.25) is 5.91 Å². The van der Waals surface area contributed by atoms with Crippen LogP contribution in [-0.4, -0.2) is 51.7 Å². The lowest BCUT2D eigenvalue weighted by Gasteiger charge is -2.35. The molecule has 3 heterocycles. The zero-order valence-corrected chi connectivity index (χ0v) is 17.2. The van der Waals surface area contributed by atoms with Gasteiger partial charge in [-0.1, -0.05) is 43.2 Å². The molecule has 1 aliphatic carbocycles. The molecule has 6 heteroatoms. The molecule has 0 spiro atoms. The topological polar surface area (TPSA) is 59.7 Å². The van der Waals surface area contributed by atoms with Crippen LogP contribution in [0.2, 0.25) is 0 Å². The second-order valence-electron chi connectivity index (χ2n) is 8.61. The van der Waals surface area contributed by atoms with Gasteiger partial charge in [-0.15, -0.1) is 0 Å². The maximum atomic E-state index is 13.9. The Hall–Kier alpha value is -2.73. The van der Waals surface area contributed by atoms with E-state index in [0.717, 1.165) is 50.0 Å². The maximum Gasteiger partial charge on any atom is 0.233 e. The molecule has 5 rings (SSSR count). The molecule has 1 saturated carbocycles. The van der Waals surface area contributed by atoms with Gasteiger partial charge in [0.1, 0.15) is 0 Å². The van der Waals surface area contributed by atoms with Crippen LogP contribution in [0.15, 0.2) is 54.9 Å². The van der Waals surface area contributed by atoms with Crippen molar-refractivity contribution in [1.82, 2.24) is 19.5 Å². The highest BCUT2D eigenvalue weighted by molar-refractivity contribution is 5.88. The quantitative estimate of drug-likeness (QED) is 0.670. The maximum absolute atomic E-state index is 13.9. The predicted molar refractivity (Wildman–Crippen MR) is 114 cm³/mol. The van der Waals surface area contributed by atoms with Crippen molar-refractivity contribution >= 4 is 11.6 Å². The molecule has 2 aliphatic rings. The summed E-state index contributed by atoms with van der Waals surface area (Å²) in [7, 11) is 0. The molecular formula is C24H28N4O2. The van der Waals surface area contributed by atoms with Crippen molar-refractivity contribution in [2.45, 2.75) is 37.5 Å². The van der Waals surface area contributed by atoms with Crippen molar-refractivity contribution in [3.63, 3.8) is 0 Å². The highest BCUT2D eigenvalue weighted by Crippen LogP contribution is 2.42. The standard InChI is InChI=1S/C24H28N4O2/c29-23(24(10-4-5-11-24)20-6-2-1-3-7-20)27-14-15-30-18-19(17-27)16-21-8-9-22-25-12-13-28(22)26-21/h1-3,6-9,12-13,19H,4-5,10-11,14-18H2. The van der Waals surface area contributed by atoms with Gasteiger partial charge in [-0.25, -0.2) is 9.50 Å². The monoisotopic (exact) mass is 404 g/mol. The first kappa shape index (κ1) is 19.2. The lowest BCUT2D eigenvalue weighted by atomic mass is 9.77. The molecule has 1 aromatic carbocycles. The minimum Gasteiger partial charge on any atom is -0.379 e. The fourth-order valence-electron chi connectivity index (χ4n) is 5.11. The lowest BCUT2D eigenvalue weighted by molar-refractivity contribution is -0.137. The fourth-order valence-corrected chi connectivity index (χ4v) is 5.11. The normalized spacial score (nSPS) is 21.6. The van der Waals surface area contributed by atoms with Gasteiger partial charge in [0.25, 0.3) is 0 Å². The summed E-state index contributed by atoms with van der Waals surface area (Å²) in [6.45, 7) is 2.64. The SMILES string of the molecule is O=C(N1CCOCC(Cc2ccc3nccn3n2)C1)C1(c2ccccc2)CCCC1. The van der Waals surface area contributed by atoms with Crippen LogP contribution in [0.5, 0.6) is 0 Å². The Balaban J connectivity index is 1.36. The number of aromatic nitrogens is 3. The van der Waals surface area contributed by atoms with E-state index >= 15 is 0 Å². The van der Waals surface area contributed by atoms with E-state index in [1.165, 1.54) is 5.56 Å². The van der Waals surface area contributed by atoms with Crippen molar-refractivity contribution in [2.24, 2.45) is 5.92 Å². The van der Waals surface area contributed by atoms with E-state index in [2.05, 4.69) is 39.2 Å². The molecule has 1 amide bonds. The summed E-state index contributed by atoms with van der Waals surface area (Å²) in [6, 6.07) is 14.4. The van der Waals surface area contributed by atoms with Crippen LogP contribution >= 0.6 is 0 Å². The fraction of sp³-hybridized carbons (Fsp3) is 0.458. The first-order chi connectivity index (χ1) is 14.7. The molecule has 1 aliphatic heterocycles. The Labute approximate surface area is 176 Å². The summed E-state index contributed by atoms with van der Waals surface area (Å²) in [5, 5.41) is 4.66. The molecule has 156 valence electrons. The molecule has 3 aromatic rings. The summed E-state index contributed by atoms with van der Waals surface area (Å²) in [4.78, 5) is 20.2. The van der Waals surface area contributed by atoms with Gasteiger partial charge in [0.05, 0.1) is 24.3 Å². The van der Waals surface area contributed by atoms with E-state index in [9.17, 15) is 4.79 Å². The number of fused-ring (bicyclic) bond motifs is 1. The number of hydrogen-bond donors (Lipinski definition) is 0. The zero-order valence-electron chi connectivity index (χ0n) is 17.2. The number of nitrogens with zero attached hydrogens (tertiary/aromatic N) is 4. The minimum absolute atomic E-state index is 0.235. The van der Waals surface area contributed by atoms with Gasteiger partial charge in [0.15, 0.2) is 5.65 Å². The second-order valence-corrected chi connectivity index (χ2v) is 8.61. The first-order valence-corrected chi connectivity index (χ1v) is 11.0. The number of benzene rings is 1. The van der Waals surface area contributed by atoms with Crippen molar-refractivity contribution in [1.29, 1.82) is 0 Å². The molecule has 30 heavy (non-hydrogen) atoms. The molecule has 0 N–H and O–H groups in total. The van der Waals surface area contributed by atoms with E-state index < -0.39 is 0 Å². The third-order valence-corrected chi connectivity index (χ3v) is 6.63. The van der Waals surface area contributed by atoms with E-state index in [1.807, 2.05) is 24.4 Å². The number of amides is 1. The van der Waals surface area contributed by atoms with Gasteiger partial charge in [-0.3, -0.25) is 4.79 Å². The molecule has 2 aromatic heterocycles. The Kier molecular flexibility index (Phi) is 5.25. The van der Waals surface area contributed by atoms with E-state index in [0.29, 0.717) is 19.8 Å². The highest BCUT2D eigenvalue weighted by atomic mass is 16.5. The number of imidazole rings is 1. The van der Waals surface area contributed by atoms with Crippen LogP contribution in [0.4, 0.5) is 0 Å². The smallest absolute Gasteiger partial charge is 0.233 e. The van der Waals surface area contributed by atoms with Gasteiger partial charge in [0, 0.05) is 31.4 Å². The molecule has 6 nitrogen and oxygen atoms in total. The second kappa shape index (κ2) is 8.19. The molecular weight excluding hydrogens is 376 g/mol. The number of rotatable bonds is 4. The Morgan fingerprint density at radius 3 is 2.80 bits per heavy atom. The molecule has 1 unspecified atom stereocenters. The van der Waals surface area contributed by atoms with E-state index in [1.54, 1.807) is 10.7 Å². The van der Waals surface area contributed by atoms with Gasteiger partial charge in [-0.2, -0.15) is 5.10 Å². The van der Waals surface area contributed by atoms with Crippen LogP contribution < -0.4 is 0 Å². The minimum atomic E-state index is -0.371. The van der Waals surface area contributed by atoms with Gasteiger partial charge in [-0.05, 0) is 37.0 Å². The molecule has 0 bridgehead atoms. The molecule has 1 atom stereocenters. The molecule has 1 saturated heterocycles. The Morgan fingerprint density at radius 2 is 1.97 bits per heavy atom. The average Bonchev–Trinajstić information content (AvgIpc) is 3.40. The van der Waals surface area contributed by atoms with Crippen LogP contribution in [0, 0.1) is 5.92 Å². The largest absolute Gasteiger partial charge is 0.379 e. The summed E-state index contributed by atoms with van der Waals surface area (Å²) < 4.78 is 7.70. The van der Waals surface area contributed by atoms with Gasteiger partial charge < -0.3 is 9.64 Å². The van der Waals surface area contributed by atoms with Crippen molar-refractivity contribution in [2.75, 3.05) is 26.3 Å². The predicted octanol–water partition coefficient (Wildman–Crippen LogP) is 3.26. The van der Waals surface area contributed by atoms with Gasteiger partial charge >= 0.3 is 0 Å². The van der Waals surface area contributed by atoms with Crippen LogP contribution in [0.1, 0.15) is 36.9 Å². The van der Waals surface area contributed by atoms with E-state index in [-0.39, 0.29) is 17.2 Å². The summed E-state index contributed by atoms with van der Waals surface area (Å²) >= 11 is 0. The number of carbonyl (C=O) groups is 1. The first-order valence-electron chi connectivity index (χ1n) is 11.0. The van der Waals surface area contributed by atoms with Crippen molar-refractivity contribution in [3.8, 4) is 0 Å². The number of hydrogen-bond acceptors (Lipinski definition) is 4. The third-order valence-electron chi connectivity index (χ3n) is 6.63. The lowest BCUT2D eigenvalue weighted by Crippen LogP contribution is -2.47. The van der Waals surface area contributed by atoms with Crippen LogP contribution in [-0.2, 0) is 21.4 Å². The average molecular weight is 405 g/mol. The number of ether oxygens (including phenoxy) is 1. The zero-order chi connectivity index (χ0) is 20.4. The van der Waals surface area contributed by atoms with Crippen LogP contribution in [0.25, 0.3) is 5.65 Å². The van der Waals surface area contributed by atoms with Crippen molar-refractivity contribution < 1.29 is 9.53 Å². The number of carbonyl (C=O) groups excluding carboxylic acids is 1. The summed E-state index contributed by atoms with van der Waals surface area (Å²) in [5.74, 6) is 0.513. The Morgan fingerprint density at radius 1 is 1.13 bits per heavy atom. The molecule has 0 radical (unpaired) electrons. The van der Waals surface area contributed by atoms with Crippen molar-refractivity contribution in [3.05, 3.63) is 66.1 Å². The summed E-state index contributed by atoms with van der Waals surface area (Å²) in [5.41, 5.74) is 2.65. The van der Waals surface area contributed by atoms with E-state index in [4.69, 9.17) is 4.74 Å². The highest BCUT2D eigenvalue weighted by Gasteiger charge is 2.45. The summed E-state index contributed by atoms with van der Waals surface area (Å²) in [6.07, 6.45) is 8.52. The van der Waals surface area contributed by atoms with Crippen LogP contribution in [0.3, 0.4) is 0 Å². The molecule has 2 fully saturated rings.